The molecule has 2 heterocycles. The summed E-state index contributed by atoms with van der Waals surface area (Å²) in [7, 11) is 0. The first-order chi connectivity index (χ1) is 12.6. The van der Waals surface area contributed by atoms with Gasteiger partial charge >= 0.3 is 0 Å². The largest absolute Gasteiger partial charge is 0.369 e. The molecule has 0 atom stereocenters. The fourth-order valence-electron chi connectivity index (χ4n) is 4.70. The number of rotatable bonds is 2. The number of nitrogens with zero attached hydrogens (tertiary/aromatic N) is 4. The normalized spacial score (nSPS) is 24.5. The second-order valence-electron chi connectivity index (χ2n) is 7.79. The lowest BCUT2D eigenvalue weighted by molar-refractivity contribution is 0.0766. The summed E-state index contributed by atoms with van der Waals surface area (Å²) in [5.41, 5.74) is 14.6. The molecule has 0 bridgehead atoms. The predicted octanol–water partition coefficient (Wildman–Crippen LogP) is 1.91. The average molecular weight is 352 g/mol. The zero-order chi connectivity index (χ0) is 17.9. The van der Waals surface area contributed by atoms with E-state index in [9.17, 15) is 4.79 Å². The van der Waals surface area contributed by atoms with E-state index in [1.807, 2.05) is 28.0 Å². The van der Waals surface area contributed by atoms with Crippen LogP contribution < -0.4 is 16.4 Å². The van der Waals surface area contributed by atoms with Crippen molar-refractivity contribution in [1.82, 2.24) is 4.90 Å². The minimum absolute atomic E-state index is 0.137. The SMILES string of the molecule is NC1=NC2(CCCCC2)N(c2cccc3c2CN(C2CC2)C3=O)C(N)=N1. The third-order valence-corrected chi connectivity index (χ3v) is 6.05. The number of benzene rings is 1. The molecule has 2 fully saturated rings. The van der Waals surface area contributed by atoms with Crippen LogP contribution in [0.4, 0.5) is 5.69 Å². The number of guanidine groups is 2. The average Bonchev–Trinajstić information content (AvgIpc) is 3.39. The van der Waals surface area contributed by atoms with Gasteiger partial charge in [-0.15, -0.1) is 0 Å². The first-order valence-electron chi connectivity index (χ1n) is 9.52. The molecule has 2 saturated carbocycles. The Morgan fingerprint density at radius 3 is 2.62 bits per heavy atom. The predicted molar refractivity (Wildman–Crippen MR) is 101 cm³/mol. The summed E-state index contributed by atoms with van der Waals surface area (Å²) >= 11 is 0. The number of hydrogen-bond donors (Lipinski definition) is 2. The molecule has 1 aromatic carbocycles. The van der Waals surface area contributed by atoms with E-state index in [1.165, 1.54) is 6.42 Å². The Balaban J connectivity index is 1.61. The van der Waals surface area contributed by atoms with Gasteiger partial charge in [0.15, 0.2) is 0 Å². The van der Waals surface area contributed by atoms with Crippen LogP contribution in [0.15, 0.2) is 28.2 Å². The number of hydrogen-bond acceptors (Lipinski definition) is 6. The van der Waals surface area contributed by atoms with Crippen molar-refractivity contribution in [3.63, 3.8) is 0 Å². The van der Waals surface area contributed by atoms with E-state index in [1.54, 1.807) is 0 Å². The number of nitrogens with two attached hydrogens (primary N) is 2. The fraction of sp³-hybridized carbons (Fsp3) is 0.526. The van der Waals surface area contributed by atoms with Crippen LogP contribution in [-0.4, -0.2) is 34.4 Å². The first-order valence-corrected chi connectivity index (χ1v) is 9.52. The molecule has 0 aromatic heterocycles. The van der Waals surface area contributed by atoms with Crippen molar-refractivity contribution >= 4 is 23.5 Å². The molecule has 1 amide bonds. The van der Waals surface area contributed by atoms with Crippen LogP contribution in [0.25, 0.3) is 0 Å². The Morgan fingerprint density at radius 1 is 1.12 bits per heavy atom. The summed E-state index contributed by atoms with van der Waals surface area (Å²) in [6.45, 7) is 0.647. The lowest BCUT2D eigenvalue weighted by Gasteiger charge is -2.46. The van der Waals surface area contributed by atoms with Crippen LogP contribution in [0.5, 0.6) is 0 Å². The molecule has 7 heteroatoms. The molecule has 1 aromatic rings. The maximum Gasteiger partial charge on any atom is 0.254 e. The van der Waals surface area contributed by atoms with Crippen LogP contribution in [0.3, 0.4) is 0 Å². The van der Waals surface area contributed by atoms with Crippen LogP contribution >= 0.6 is 0 Å². The van der Waals surface area contributed by atoms with Gasteiger partial charge in [-0.25, -0.2) is 4.99 Å². The zero-order valence-electron chi connectivity index (χ0n) is 14.8. The molecule has 0 saturated heterocycles. The van der Waals surface area contributed by atoms with Gasteiger partial charge in [-0.1, -0.05) is 12.5 Å². The van der Waals surface area contributed by atoms with Gasteiger partial charge in [-0.3, -0.25) is 9.69 Å². The molecule has 7 nitrogen and oxygen atoms in total. The van der Waals surface area contributed by atoms with Crippen LogP contribution in [0, 0.1) is 0 Å². The van der Waals surface area contributed by atoms with E-state index in [-0.39, 0.29) is 11.9 Å². The number of anilines is 1. The highest BCUT2D eigenvalue weighted by Gasteiger charge is 2.46. The van der Waals surface area contributed by atoms with Crippen molar-refractivity contribution in [2.24, 2.45) is 21.5 Å². The molecule has 26 heavy (non-hydrogen) atoms. The Hall–Kier alpha value is -2.57. The van der Waals surface area contributed by atoms with Gasteiger partial charge in [0.25, 0.3) is 5.91 Å². The smallest absolute Gasteiger partial charge is 0.254 e. The molecule has 5 rings (SSSR count). The van der Waals surface area contributed by atoms with Gasteiger partial charge in [0.1, 0.15) is 5.66 Å². The molecule has 4 aliphatic rings. The van der Waals surface area contributed by atoms with Crippen LogP contribution in [0.2, 0.25) is 0 Å². The summed E-state index contributed by atoms with van der Waals surface area (Å²) in [6, 6.07) is 6.30. The second kappa shape index (κ2) is 5.46. The number of carbonyl (C=O) groups excluding carboxylic acids is 1. The summed E-state index contributed by atoms with van der Waals surface area (Å²) in [5, 5.41) is 0. The minimum atomic E-state index is -0.473. The summed E-state index contributed by atoms with van der Waals surface area (Å²) in [5.74, 6) is 0.770. The van der Waals surface area contributed by atoms with Gasteiger partial charge < -0.3 is 16.4 Å². The fourth-order valence-corrected chi connectivity index (χ4v) is 4.70. The maximum atomic E-state index is 12.8. The maximum absolute atomic E-state index is 12.8. The summed E-state index contributed by atoms with van der Waals surface area (Å²) in [4.78, 5) is 25.9. The standard InChI is InChI=1S/C19H24N6O/c20-17-22-18(21)25(19(23-17)9-2-1-3-10-19)15-6-4-5-13-14(15)11-24(16(13)26)12-7-8-12/h4-6,12H,1-3,7-11H2,(H4,20,21,22,23). The lowest BCUT2D eigenvalue weighted by Crippen LogP contribution is -2.58. The molecule has 4 N–H and O–H groups in total. The van der Waals surface area contributed by atoms with Crippen molar-refractivity contribution in [2.45, 2.75) is 63.2 Å². The molecule has 0 unspecified atom stereocenters. The van der Waals surface area contributed by atoms with Gasteiger partial charge in [0.05, 0.1) is 5.69 Å². The second-order valence-corrected chi connectivity index (χ2v) is 7.79. The van der Waals surface area contributed by atoms with Crippen molar-refractivity contribution in [1.29, 1.82) is 0 Å². The van der Waals surface area contributed by atoms with E-state index in [0.717, 1.165) is 55.3 Å². The number of aliphatic imine (C=N–C) groups is 2. The Morgan fingerprint density at radius 2 is 1.88 bits per heavy atom. The highest BCUT2D eigenvalue weighted by molar-refractivity contribution is 6.08. The highest BCUT2D eigenvalue weighted by Crippen LogP contribution is 2.44. The number of amides is 1. The van der Waals surface area contributed by atoms with Gasteiger partial charge in [0.2, 0.25) is 11.9 Å². The molecule has 1 spiro atoms. The van der Waals surface area contributed by atoms with Gasteiger partial charge in [0, 0.05) is 23.7 Å². The van der Waals surface area contributed by atoms with E-state index >= 15 is 0 Å². The van der Waals surface area contributed by atoms with Crippen molar-refractivity contribution in [3.8, 4) is 0 Å². The van der Waals surface area contributed by atoms with Gasteiger partial charge in [-0.2, -0.15) is 4.99 Å². The molecule has 2 aliphatic carbocycles. The number of fused-ring (bicyclic) bond motifs is 1. The van der Waals surface area contributed by atoms with E-state index in [4.69, 9.17) is 16.5 Å². The van der Waals surface area contributed by atoms with Gasteiger partial charge in [-0.05, 0) is 50.7 Å². The van der Waals surface area contributed by atoms with Crippen molar-refractivity contribution < 1.29 is 4.79 Å². The van der Waals surface area contributed by atoms with Crippen LogP contribution in [-0.2, 0) is 6.54 Å². The Bertz CT molecular complexity index is 834. The minimum Gasteiger partial charge on any atom is -0.369 e. The quantitative estimate of drug-likeness (QED) is 0.849. The molecule has 0 radical (unpaired) electrons. The number of carbonyl (C=O) groups is 1. The van der Waals surface area contributed by atoms with E-state index in [0.29, 0.717) is 18.5 Å². The third kappa shape index (κ3) is 2.22. The van der Waals surface area contributed by atoms with E-state index < -0.39 is 5.66 Å². The molecular formula is C19H24N6O. The molecule has 2 aliphatic heterocycles. The summed E-state index contributed by atoms with van der Waals surface area (Å²) < 4.78 is 0. The third-order valence-electron chi connectivity index (χ3n) is 6.05. The molecular weight excluding hydrogens is 328 g/mol. The highest BCUT2D eigenvalue weighted by atomic mass is 16.2. The first kappa shape index (κ1) is 15.7. The molecule has 136 valence electrons. The monoisotopic (exact) mass is 352 g/mol. The van der Waals surface area contributed by atoms with E-state index in [2.05, 4.69) is 4.99 Å². The van der Waals surface area contributed by atoms with Crippen molar-refractivity contribution in [2.75, 3.05) is 4.90 Å². The lowest BCUT2D eigenvalue weighted by atomic mass is 9.86. The van der Waals surface area contributed by atoms with Crippen molar-refractivity contribution in [3.05, 3.63) is 29.3 Å². The Labute approximate surface area is 152 Å². The zero-order valence-corrected chi connectivity index (χ0v) is 14.8. The Kier molecular flexibility index (Phi) is 3.29. The van der Waals surface area contributed by atoms with Crippen LogP contribution in [0.1, 0.15) is 60.9 Å². The topological polar surface area (TPSA) is 100 Å². The summed E-state index contributed by atoms with van der Waals surface area (Å²) in [6.07, 6.45) is 7.37.